The molecule has 106 valence electrons. The lowest BCUT2D eigenvalue weighted by Crippen LogP contribution is -2.51. The Morgan fingerprint density at radius 2 is 2.00 bits per heavy atom. The van der Waals surface area contributed by atoms with Gasteiger partial charge in [-0.2, -0.15) is 0 Å². The Morgan fingerprint density at radius 3 is 2.53 bits per heavy atom. The van der Waals surface area contributed by atoms with Gasteiger partial charge in [0.1, 0.15) is 6.04 Å². The van der Waals surface area contributed by atoms with Crippen molar-refractivity contribution < 1.29 is 14.4 Å². The smallest absolute Gasteiger partial charge is 0.245 e. The molecule has 0 bridgehead atoms. The van der Waals surface area contributed by atoms with Crippen LogP contribution in [-0.4, -0.2) is 47.8 Å². The third kappa shape index (κ3) is 3.45. The molecule has 2 saturated heterocycles. The number of hydrogen-bond acceptors (Lipinski definition) is 3. The number of nitrogens with zero attached hydrogens (tertiary/aromatic N) is 1. The zero-order valence-electron chi connectivity index (χ0n) is 11.3. The molecule has 2 heterocycles. The molecule has 2 aliphatic rings. The average Bonchev–Trinajstić information content (AvgIpc) is 2.85. The van der Waals surface area contributed by atoms with E-state index in [1.165, 1.54) is 0 Å². The number of carbonyl (C=O) groups is 3. The summed E-state index contributed by atoms with van der Waals surface area (Å²) in [6.07, 6.45) is 3.12. The van der Waals surface area contributed by atoms with Crippen molar-refractivity contribution in [2.24, 2.45) is 0 Å². The molecule has 0 aromatic rings. The summed E-state index contributed by atoms with van der Waals surface area (Å²) in [4.78, 5) is 36.4. The van der Waals surface area contributed by atoms with Crippen LogP contribution in [0.4, 0.5) is 0 Å². The van der Waals surface area contributed by atoms with E-state index in [0.29, 0.717) is 32.4 Å². The maximum Gasteiger partial charge on any atom is 0.245 e. The van der Waals surface area contributed by atoms with Crippen LogP contribution in [0.15, 0.2) is 0 Å². The zero-order valence-corrected chi connectivity index (χ0v) is 11.3. The lowest BCUT2D eigenvalue weighted by atomic mass is 10.0. The molecule has 1 unspecified atom stereocenters. The third-order valence-corrected chi connectivity index (χ3v) is 3.79. The molecular weight excluding hydrogens is 246 g/mol. The van der Waals surface area contributed by atoms with E-state index in [4.69, 9.17) is 0 Å². The first-order valence-corrected chi connectivity index (χ1v) is 6.97. The highest BCUT2D eigenvalue weighted by Gasteiger charge is 2.32. The first-order chi connectivity index (χ1) is 9.10. The van der Waals surface area contributed by atoms with Gasteiger partial charge in [-0.25, -0.2) is 0 Å². The molecule has 0 aromatic carbocycles. The van der Waals surface area contributed by atoms with E-state index in [9.17, 15) is 14.4 Å². The van der Waals surface area contributed by atoms with Crippen LogP contribution < -0.4 is 10.6 Å². The van der Waals surface area contributed by atoms with Gasteiger partial charge in [0.05, 0.1) is 0 Å². The second kappa shape index (κ2) is 6.04. The number of likely N-dealkylation sites (tertiary alicyclic amines) is 1. The van der Waals surface area contributed by atoms with E-state index < -0.39 is 0 Å². The van der Waals surface area contributed by atoms with Crippen LogP contribution >= 0.6 is 0 Å². The van der Waals surface area contributed by atoms with Crippen LogP contribution in [0.5, 0.6) is 0 Å². The minimum absolute atomic E-state index is 0.0196. The summed E-state index contributed by atoms with van der Waals surface area (Å²) in [5, 5.41) is 5.66. The van der Waals surface area contributed by atoms with Crippen molar-refractivity contribution in [3.8, 4) is 0 Å². The van der Waals surface area contributed by atoms with E-state index >= 15 is 0 Å². The average molecular weight is 267 g/mol. The van der Waals surface area contributed by atoms with Crippen LogP contribution in [0, 0.1) is 0 Å². The van der Waals surface area contributed by atoms with Crippen molar-refractivity contribution >= 4 is 17.7 Å². The summed E-state index contributed by atoms with van der Waals surface area (Å²) in [6, 6.07) is -0.163. The maximum atomic E-state index is 12.2. The molecule has 6 heteroatoms. The van der Waals surface area contributed by atoms with Crippen molar-refractivity contribution in [2.75, 3.05) is 13.1 Å². The van der Waals surface area contributed by atoms with Crippen molar-refractivity contribution in [2.45, 2.75) is 51.1 Å². The van der Waals surface area contributed by atoms with Gasteiger partial charge in [-0.3, -0.25) is 14.4 Å². The highest BCUT2D eigenvalue weighted by atomic mass is 16.2. The Kier molecular flexibility index (Phi) is 4.39. The Balaban J connectivity index is 1.78. The van der Waals surface area contributed by atoms with E-state index in [1.807, 2.05) is 6.92 Å². The lowest BCUT2D eigenvalue weighted by Gasteiger charge is -2.33. The van der Waals surface area contributed by atoms with Crippen LogP contribution in [0.3, 0.4) is 0 Å². The summed E-state index contributed by atoms with van der Waals surface area (Å²) in [7, 11) is 0. The first-order valence-electron chi connectivity index (χ1n) is 6.97. The van der Waals surface area contributed by atoms with E-state index in [-0.39, 0.29) is 29.8 Å². The summed E-state index contributed by atoms with van der Waals surface area (Å²) < 4.78 is 0. The number of rotatable bonds is 3. The van der Waals surface area contributed by atoms with Gasteiger partial charge in [0.15, 0.2) is 0 Å². The van der Waals surface area contributed by atoms with Crippen LogP contribution in [-0.2, 0) is 14.4 Å². The van der Waals surface area contributed by atoms with Crippen molar-refractivity contribution in [1.29, 1.82) is 0 Å². The molecule has 0 saturated carbocycles. The number of carbonyl (C=O) groups excluding carboxylic acids is 3. The van der Waals surface area contributed by atoms with Gasteiger partial charge < -0.3 is 15.5 Å². The van der Waals surface area contributed by atoms with Gasteiger partial charge in [-0.1, -0.05) is 6.92 Å². The third-order valence-electron chi connectivity index (χ3n) is 3.79. The van der Waals surface area contributed by atoms with Crippen molar-refractivity contribution in [3.05, 3.63) is 0 Å². The standard InChI is InChI=1S/C13H21N3O3/c1-2-11(17)14-9-5-7-16(8-6-9)13(19)10-3-4-12(18)15-10/h9-10H,2-8H2,1H3,(H,14,17)(H,15,18). The fourth-order valence-corrected chi connectivity index (χ4v) is 2.59. The molecule has 2 rings (SSSR count). The normalized spacial score (nSPS) is 24.2. The van der Waals surface area contributed by atoms with Gasteiger partial charge in [0, 0.05) is 32.0 Å². The topological polar surface area (TPSA) is 78.5 Å². The van der Waals surface area contributed by atoms with E-state index in [1.54, 1.807) is 4.90 Å². The van der Waals surface area contributed by atoms with Crippen molar-refractivity contribution in [3.63, 3.8) is 0 Å². The number of piperidine rings is 1. The number of nitrogens with one attached hydrogen (secondary N) is 2. The van der Waals surface area contributed by atoms with Crippen LogP contribution in [0.2, 0.25) is 0 Å². The zero-order chi connectivity index (χ0) is 13.8. The number of hydrogen-bond donors (Lipinski definition) is 2. The molecule has 0 aliphatic carbocycles. The van der Waals surface area contributed by atoms with Gasteiger partial charge in [0.2, 0.25) is 17.7 Å². The SMILES string of the molecule is CCC(=O)NC1CCN(C(=O)C2CCC(=O)N2)CC1. The largest absolute Gasteiger partial charge is 0.353 e. The fraction of sp³-hybridized carbons (Fsp3) is 0.769. The highest BCUT2D eigenvalue weighted by Crippen LogP contribution is 2.15. The molecule has 2 fully saturated rings. The summed E-state index contributed by atoms with van der Waals surface area (Å²) in [5.41, 5.74) is 0. The van der Waals surface area contributed by atoms with Crippen LogP contribution in [0.25, 0.3) is 0 Å². The minimum atomic E-state index is -0.339. The van der Waals surface area contributed by atoms with Gasteiger partial charge in [0.25, 0.3) is 0 Å². The molecule has 0 spiro atoms. The van der Waals surface area contributed by atoms with Gasteiger partial charge in [-0.05, 0) is 19.3 Å². The second-order valence-corrected chi connectivity index (χ2v) is 5.18. The van der Waals surface area contributed by atoms with E-state index in [2.05, 4.69) is 10.6 Å². The first kappa shape index (κ1) is 13.8. The highest BCUT2D eigenvalue weighted by molar-refractivity contribution is 5.90. The van der Waals surface area contributed by atoms with E-state index in [0.717, 1.165) is 12.8 Å². The predicted octanol–water partition coefficient (Wildman–Crippen LogP) is -0.218. The quantitative estimate of drug-likeness (QED) is 0.742. The summed E-state index contributed by atoms with van der Waals surface area (Å²) in [5.74, 6) is 0.0439. The molecule has 2 aliphatic heterocycles. The monoisotopic (exact) mass is 267 g/mol. The van der Waals surface area contributed by atoms with Crippen LogP contribution in [0.1, 0.15) is 39.0 Å². The maximum absolute atomic E-state index is 12.2. The molecule has 0 aromatic heterocycles. The fourth-order valence-electron chi connectivity index (χ4n) is 2.59. The summed E-state index contributed by atoms with van der Waals surface area (Å²) in [6.45, 7) is 3.14. The Labute approximate surface area is 112 Å². The minimum Gasteiger partial charge on any atom is -0.353 e. The molecule has 3 amide bonds. The second-order valence-electron chi connectivity index (χ2n) is 5.18. The molecule has 2 N–H and O–H groups in total. The molecule has 6 nitrogen and oxygen atoms in total. The van der Waals surface area contributed by atoms with Gasteiger partial charge >= 0.3 is 0 Å². The Morgan fingerprint density at radius 1 is 1.32 bits per heavy atom. The Hall–Kier alpha value is -1.59. The van der Waals surface area contributed by atoms with Crippen molar-refractivity contribution in [1.82, 2.24) is 15.5 Å². The number of amides is 3. The van der Waals surface area contributed by atoms with Gasteiger partial charge in [-0.15, -0.1) is 0 Å². The lowest BCUT2D eigenvalue weighted by molar-refractivity contribution is -0.135. The Bertz CT molecular complexity index is 375. The summed E-state index contributed by atoms with van der Waals surface area (Å²) >= 11 is 0. The molecular formula is C13H21N3O3. The molecule has 19 heavy (non-hydrogen) atoms. The predicted molar refractivity (Wildman–Crippen MR) is 69.2 cm³/mol. The molecule has 0 radical (unpaired) electrons. The molecule has 1 atom stereocenters.